The first-order valence-electron chi connectivity index (χ1n) is 16.1. The van der Waals surface area contributed by atoms with Crippen molar-refractivity contribution in [1.29, 1.82) is 5.26 Å². The number of benzene rings is 4. The van der Waals surface area contributed by atoms with Gasteiger partial charge in [-0.15, -0.1) is 11.3 Å². The van der Waals surface area contributed by atoms with Crippen LogP contribution in [0.4, 0.5) is 0 Å². The van der Waals surface area contributed by atoms with Gasteiger partial charge >= 0.3 is 0 Å². The number of hydrogen-bond acceptors (Lipinski definition) is 4. The summed E-state index contributed by atoms with van der Waals surface area (Å²) in [7, 11) is 1.92. The second-order valence-corrected chi connectivity index (χ2v) is 13.2. The predicted molar refractivity (Wildman–Crippen MR) is 192 cm³/mol. The molecule has 4 heteroatoms. The highest BCUT2D eigenvalue weighted by molar-refractivity contribution is 7.17. The molecule has 0 radical (unpaired) electrons. The van der Waals surface area contributed by atoms with Crippen LogP contribution >= 0.6 is 11.3 Å². The molecule has 4 aromatic carbocycles. The van der Waals surface area contributed by atoms with E-state index in [2.05, 4.69) is 133 Å². The van der Waals surface area contributed by atoms with Gasteiger partial charge < -0.3 is 5.32 Å². The first-order valence-corrected chi connectivity index (χ1v) is 17.0. The van der Waals surface area contributed by atoms with Crippen molar-refractivity contribution in [3.05, 3.63) is 153 Å². The van der Waals surface area contributed by atoms with Crippen molar-refractivity contribution in [2.45, 2.75) is 65.1 Å². The van der Waals surface area contributed by atoms with Crippen molar-refractivity contribution in [2.24, 2.45) is 0 Å². The number of nitrogens with zero attached hydrogens (tertiary/aromatic N) is 2. The Kier molecular flexibility index (Phi) is 11.4. The van der Waals surface area contributed by atoms with E-state index in [1.165, 1.54) is 54.6 Å². The molecular weight excluding hydrogens is 567 g/mol. The molecule has 1 heterocycles. The SMILES string of the molecule is C=C(C#N)C(CCN(Cc1ccccc1CCc1cccc(C)c1)Cc1ccc2ccsc2c1CCc1cccc(C)c1)NC. The summed E-state index contributed by atoms with van der Waals surface area (Å²) in [5.41, 5.74) is 11.6. The van der Waals surface area contributed by atoms with Gasteiger partial charge in [0.1, 0.15) is 0 Å². The lowest BCUT2D eigenvalue weighted by molar-refractivity contribution is 0.245. The number of likely N-dealkylation sites (N-methyl/N-ethyl adjacent to an activating group) is 1. The Hall–Kier alpha value is -4.01. The highest BCUT2D eigenvalue weighted by atomic mass is 32.1. The number of rotatable bonds is 15. The van der Waals surface area contributed by atoms with Gasteiger partial charge in [0.2, 0.25) is 0 Å². The van der Waals surface area contributed by atoms with Crippen LogP contribution in [0, 0.1) is 25.2 Å². The largest absolute Gasteiger partial charge is 0.312 e. The maximum atomic E-state index is 9.56. The summed E-state index contributed by atoms with van der Waals surface area (Å²) in [5.74, 6) is 0. The highest BCUT2D eigenvalue weighted by Crippen LogP contribution is 2.30. The molecule has 0 saturated heterocycles. The average molecular weight is 612 g/mol. The zero-order chi connectivity index (χ0) is 31.6. The number of aryl methyl sites for hydroxylation is 6. The van der Waals surface area contributed by atoms with E-state index in [4.69, 9.17) is 0 Å². The first kappa shape index (κ1) is 32.4. The van der Waals surface area contributed by atoms with Crippen LogP contribution < -0.4 is 5.32 Å². The number of nitrogens with one attached hydrogen (secondary N) is 1. The summed E-state index contributed by atoms with van der Waals surface area (Å²) in [6, 6.07) is 35.8. The van der Waals surface area contributed by atoms with Gasteiger partial charge in [0.15, 0.2) is 0 Å². The zero-order valence-corrected chi connectivity index (χ0v) is 27.8. The van der Waals surface area contributed by atoms with Gasteiger partial charge in [-0.3, -0.25) is 4.90 Å². The van der Waals surface area contributed by atoms with E-state index in [9.17, 15) is 5.26 Å². The summed E-state index contributed by atoms with van der Waals surface area (Å²) in [6.45, 7) is 10.9. The lowest BCUT2D eigenvalue weighted by Crippen LogP contribution is -2.33. The lowest BCUT2D eigenvalue weighted by Gasteiger charge is -2.27. The highest BCUT2D eigenvalue weighted by Gasteiger charge is 2.18. The Morgan fingerprint density at radius 2 is 1.47 bits per heavy atom. The molecule has 0 aliphatic heterocycles. The monoisotopic (exact) mass is 611 g/mol. The molecule has 0 amide bonds. The normalized spacial score (nSPS) is 12.0. The van der Waals surface area contributed by atoms with Crippen molar-refractivity contribution in [3.63, 3.8) is 0 Å². The van der Waals surface area contributed by atoms with Crippen LogP contribution in [0.2, 0.25) is 0 Å². The van der Waals surface area contributed by atoms with Crippen LogP contribution in [0.15, 0.2) is 109 Å². The molecule has 0 spiro atoms. The van der Waals surface area contributed by atoms with E-state index in [0.717, 1.165) is 51.7 Å². The molecule has 5 aromatic rings. The molecule has 45 heavy (non-hydrogen) atoms. The van der Waals surface area contributed by atoms with Crippen LogP contribution in [-0.4, -0.2) is 24.5 Å². The Bertz CT molecular complexity index is 1780. The average Bonchev–Trinajstić information content (AvgIpc) is 3.53. The fourth-order valence-electron chi connectivity index (χ4n) is 6.37. The molecule has 5 rings (SSSR count). The second-order valence-electron chi connectivity index (χ2n) is 12.3. The Morgan fingerprint density at radius 3 is 2.13 bits per heavy atom. The van der Waals surface area contributed by atoms with Crippen molar-refractivity contribution in [2.75, 3.05) is 13.6 Å². The predicted octanol–water partition coefficient (Wildman–Crippen LogP) is 9.15. The molecule has 230 valence electrons. The van der Waals surface area contributed by atoms with Crippen molar-refractivity contribution >= 4 is 21.4 Å². The van der Waals surface area contributed by atoms with Crippen molar-refractivity contribution in [3.8, 4) is 6.07 Å². The number of hydrogen-bond donors (Lipinski definition) is 1. The Labute approximate surface area is 273 Å². The maximum Gasteiger partial charge on any atom is 0.0957 e. The standard InChI is InChI=1S/C41H45N3S/c1-30-9-7-11-33(25-30)15-17-35-13-5-6-14-37(35)28-44(23-21-40(43-4)32(3)27-42)29-38-19-18-36-22-24-45-41(36)39(38)20-16-34-12-8-10-31(2)26-34/h5-14,18-19,22,24-26,40,43H,3,15-17,20-21,23,28-29H2,1-2,4H3. The number of nitriles is 1. The first-order chi connectivity index (χ1) is 21.9. The van der Waals surface area contributed by atoms with Crippen LogP contribution in [0.1, 0.15) is 50.9 Å². The van der Waals surface area contributed by atoms with E-state index < -0.39 is 0 Å². The van der Waals surface area contributed by atoms with E-state index >= 15 is 0 Å². The quantitative estimate of drug-likeness (QED) is 0.120. The third kappa shape index (κ3) is 8.80. The minimum atomic E-state index is -0.0327. The molecule has 1 aromatic heterocycles. The van der Waals surface area contributed by atoms with Crippen molar-refractivity contribution < 1.29 is 0 Å². The second kappa shape index (κ2) is 15.8. The molecule has 1 unspecified atom stereocenters. The number of fused-ring (bicyclic) bond motifs is 1. The van der Waals surface area contributed by atoms with E-state index in [1.807, 2.05) is 18.4 Å². The van der Waals surface area contributed by atoms with Gasteiger partial charge in [0, 0.05) is 35.9 Å². The van der Waals surface area contributed by atoms with Gasteiger partial charge in [0.05, 0.1) is 6.07 Å². The van der Waals surface area contributed by atoms with Gasteiger partial charge in [-0.25, -0.2) is 0 Å². The molecule has 0 bridgehead atoms. The zero-order valence-electron chi connectivity index (χ0n) is 27.0. The topological polar surface area (TPSA) is 39.1 Å². The van der Waals surface area contributed by atoms with Gasteiger partial charge in [-0.05, 0) is 103 Å². The maximum absolute atomic E-state index is 9.56. The fourth-order valence-corrected chi connectivity index (χ4v) is 7.37. The van der Waals surface area contributed by atoms with Crippen LogP contribution in [0.5, 0.6) is 0 Å². The minimum Gasteiger partial charge on any atom is -0.312 e. The van der Waals surface area contributed by atoms with Gasteiger partial charge in [0.25, 0.3) is 0 Å². The van der Waals surface area contributed by atoms with E-state index in [0.29, 0.717) is 5.57 Å². The van der Waals surface area contributed by atoms with Crippen LogP contribution in [-0.2, 0) is 38.8 Å². The minimum absolute atomic E-state index is 0.0327. The molecule has 1 N–H and O–H groups in total. The fraction of sp³-hybridized carbons (Fsp3) is 0.293. The van der Waals surface area contributed by atoms with Gasteiger partial charge in [-0.1, -0.05) is 103 Å². The van der Waals surface area contributed by atoms with E-state index in [-0.39, 0.29) is 6.04 Å². The van der Waals surface area contributed by atoms with Gasteiger partial charge in [-0.2, -0.15) is 5.26 Å². The summed E-state index contributed by atoms with van der Waals surface area (Å²) in [6.07, 6.45) is 4.91. The Morgan fingerprint density at radius 1 is 0.800 bits per heavy atom. The summed E-state index contributed by atoms with van der Waals surface area (Å²) >= 11 is 1.86. The molecule has 3 nitrogen and oxygen atoms in total. The smallest absolute Gasteiger partial charge is 0.0957 e. The van der Waals surface area contributed by atoms with Crippen LogP contribution in [0.3, 0.4) is 0 Å². The molecule has 0 saturated carbocycles. The third-order valence-corrected chi connectivity index (χ3v) is 9.88. The summed E-state index contributed by atoms with van der Waals surface area (Å²) < 4.78 is 1.41. The Balaban J connectivity index is 1.42. The van der Waals surface area contributed by atoms with Crippen LogP contribution in [0.25, 0.3) is 10.1 Å². The summed E-state index contributed by atoms with van der Waals surface area (Å²) in [4.78, 5) is 2.57. The molecular formula is C41H45N3S. The third-order valence-electron chi connectivity index (χ3n) is 8.89. The van der Waals surface area contributed by atoms with Crippen molar-refractivity contribution in [1.82, 2.24) is 10.2 Å². The molecule has 0 aliphatic rings. The molecule has 0 fully saturated rings. The molecule has 1 atom stereocenters. The number of thiophene rings is 1. The molecule has 0 aliphatic carbocycles. The van der Waals surface area contributed by atoms with E-state index in [1.54, 1.807) is 0 Å². The summed E-state index contributed by atoms with van der Waals surface area (Å²) in [5, 5.41) is 16.4. The lowest BCUT2D eigenvalue weighted by atomic mass is 9.96.